The maximum atomic E-state index is 14.4. The highest BCUT2D eigenvalue weighted by molar-refractivity contribution is 7.10. The van der Waals surface area contributed by atoms with E-state index in [1.54, 1.807) is 11.6 Å². The average molecular weight is 463 g/mol. The molecule has 0 unspecified atom stereocenters. The number of halogens is 1. The third-order valence-electron chi connectivity index (χ3n) is 5.90. The molecule has 3 aromatic heterocycles. The van der Waals surface area contributed by atoms with Crippen LogP contribution in [-0.2, 0) is 6.54 Å². The second-order valence-corrected chi connectivity index (χ2v) is 8.66. The molecule has 1 N–H and O–H groups in total. The average Bonchev–Trinajstić information content (AvgIpc) is 3.48. The number of pyridine rings is 1. The van der Waals surface area contributed by atoms with Crippen LogP contribution in [-0.4, -0.2) is 53.0 Å². The summed E-state index contributed by atoms with van der Waals surface area (Å²) in [6.07, 6.45) is 1.87. The van der Waals surface area contributed by atoms with Crippen molar-refractivity contribution in [2.24, 2.45) is 0 Å². The molecule has 0 aliphatic carbocycles. The first kappa shape index (κ1) is 21.3. The highest BCUT2D eigenvalue weighted by Gasteiger charge is 2.23. The van der Waals surface area contributed by atoms with Crippen molar-refractivity contribution < 1.29 is 4.39 Å². The lowest BCUT2D eigenvalue weighted by Crippen LogP contribution is -2.43. The van der Waals surface area contributed by atoms with Crippen molar-refractivity contribution in [1.29, 1.82) is 5.26 Å². The number of nitrogens with zero attached hydrogens (tertiary/aromatic N) is 7. The van der Waals surface area contributed by atoms with E-state index in [1.165, 1.54) is 23.5 Å². The Balaban J connectivity index is 1.66. The highest BCUT2D eigenvalue weighted by Crippen LogP contribution is 2.39. The quantitative estimate of drug-likeness (QED) is 0.483. The summed E-state index contributed by atoms with van der Waals surface area (Å²) in [5.74, 6) is 0.457. The lowest BCUT2D eigenvalue weighted by Gasteiger charge is -2.29. The molecule has 0 spiro atoms. The molecule has 1 fully saturated rings. The fraction of sp³-hybridized carbons (Fsp3) is 0.304. The zero-order chi connectivity index (χ0) is 22.9. The zero-order valence-electron chi connectivity index (χ0n) is 18.4. The van der Waals surface area contributed by atoms with Gasteiger partial charge in [0, 0.05) is 45.3 Å². The molecule has 10 heteroatoms. The molecular weight excluding hydrogens is 439 g/mol. The second-order valence-electron chi connectivity index (χ2n) is 7.80. The topological polar surface area (TPSA) is 85.9 Å². The van der Waals surface area contributed by atoms with Gasteiger partial charge in [0.2, 0.25) is 0 Å². The van der Waals surface area contributed by atoms with Gasteiger partial charge in [-0.25, -0.2) is 19.0 Å². The number of nitrogens with one attached hydrogen (secondary N) is 1. The van der Waals surface area contributed by atoms with Gasteiger partial charge >= 0.3 is 0 Å². The monoisotopic (exact) mass is 462 g/mol. The third-order valence-corrected chi connectivity index (χ3v) is 6.63. The van der Waals surface area contributed by atoms with E-state index in [2.05, 4.69) is 37.4 Å². The molecule has 1 aliphatic rings. The van der Waals surface area contributed by atoms with Crippen molar-refractivity contribution in [1.82, 2.24) is 25.1 Å². The minimum atomic E-state index is -0.360. The Hall–Kier alpha value is -3.55. The Morgan fingerprint density at radius 1 is 1.24 bits per heavy atom. The van der Waals surface area contributed by atoms with Crippen LogP contribution in [0.25, 0.3) is 22.3 Å². The molecule has 5 rings (SSSR count). The van der Waals surface area contributed by atoms with Crippen LogP contribution in [0, 0.1) is 17.1 Å². The van der Waals surface area contributed by atoms with E-state index in [1.807, 2.05) is 29.7 Å². The van der Waals surface area contributed by atoms with Gasteiger partial charge in [-0.1, -0.05) is 0 Å². The number of aryl methyl sites for hydroxylation is 1. The van der Waals surface area contributed by atoms with Gasteiger partial charge in [-0.3, -0.25) is 0 Å². The first-order chi connectivity index (χ1) is 16.1. The fourth-order valence-corrected chi connectivity index (χ4v) is 4.87. The van der Waals surface area contributed by atoms with E-state index in [9.17, 15) is 9.65 Å². The molecule has 0 amide bonds. The van der Waals surface area contributed by atoms with Gasteiger partial charge in [0.15, 0.2) is 5.65 Å². The largest absolute Gasteiger partial charge is 0.368 e. The van der Waals surface area contributed by atoms with Crippen LogP contribution in [0.1, 0.15) is 11.8 Å². The zero-order valence-corrected chi connectivity index (χ0v) is 19.2. The predicted molar refractivity (Wildman–Crippen MR) is 129 cm³/mol. The van der Waals surface area contributed by atoms with Crippen LogP contribution in [0.4, 0.5) is 21.6 Å². The number of nitriles is 1. The summed E-state index contributed by atoms with van der Waals surface area (Å²) < 4.78 is 16.3. The number of benzene rings is 1. The Kier molecular flexibility index (Phi) is 5.66. The summed E-state index contributed by atoms with van der Waals surface area (Å²) in [4.78, 5) is 13.7. The molecule has 33 heavy (non-hydrogen) atoms. The number of anilines is 3. The number of hydrogen-bond acceptors (Lipinski definition) is 8. The van der Waals surface area contributed by atoms with Gasteiger partial charge in [0.25, 0.3) is 0 Å². The standard InChI is InChI=1S/C23H23FN8S/c1-3-32-23(18-11-16(13-27-22(18)29-32)31-8-6-26-7-9-31)30(2)19-10-15(24)4-5-17(19)21-20(12-25)33-14-28-21/h4-5,10-11,13-14,26H,3,6-9H2,1-2H3. The molecule has 0 radical (unpaired) electrons. The number of thiazole rings is 1. The van der Waals surface area contributed by atoms with Crippen LogP contribution < -0.4 is 15.1 Å². The van der Waals surface area contributed by atoms with E-state index < -0.39 is 0 Å². The number of aromatic nitrogens is 4. The van der Waals surface area contributed by atoms with Crippen molar-refractivity contribution in [2.75, 3.05) is 43.0 Å². The van der Waals surface area contributed by atoms with E-state index in [0.29, 0.717) is 34.0 Å². The van der Waals surface area contributed by atoms with Crippen LogP contribution in [0.5, 0.6) is 0 Å². The van der Waals surface area contributed by atoms with Crippen molar-refractivity contribution in [2.45, 2.75) is 13.5 Å². The first-order valence-electron chi connectivity index (χ1n) is 10.8. The molecule has 1 aromatic carbocycles. The Morgan fingerprint density at radius 3 is 2.82 bits per heavy atom. The van der Waals surface area contributed by atoms with E-state index in [4.69, 9.17) is 0 Å². The van der Waals surface area contributed by atoms with Crippen molar-refractivity contribution in [3.63, 3.8) is 0 Å². The lowest BCUT2D eigenvalue weighted by atomic mass is 10.1. The maximum absolute atomic E-state index is 14.4. The minimum Gasteiger partial charge on any atom is -0.368 e. The molecular formula is C23H23FN8S. The molecule has 0 saturated carbocycles. The molecule has 168 valence electrons. The molecule has 8 nitrogen and oxygen atoms in total. The van der Waals surface area contributed by atoms with Crippen LogP contribution in [0.2, 0.25) is 0 Å². The van der Waals surface area contributed by atoms with E-state index >= 15 is 0 Å². The predicted octanol–water partition coefficient (Wildman–Crippen LogP) is 3.76. The van der Waals surface area contributed by atoms with E-state index in [-0.39, 0.29) is 5.82 Å². The SMILES string of the molecule is CCn1nc2ncc(N3CCNCC3)cc2c1N(C)c1cc(F)ccc1-c1ncsc1C#N. The molecule has 1 saturated heterocycles. The summed E-state index contributed by atoms with van der Waals surface area (Å²) in [5, 5.41) is 18.5. The summed E-state index contributed by atoms with van der Waals surface area (Å²) in [6.45, 7) is 6.33. The van der Waals surface area contributed by atoms with Gasteiger partial charge < -0.3 is 15.1 Å². The van der Waals surface area contributed by atoms with Crippen LogP contribution in [0.15, 0.2) is 36.0 Å². The highest BCUT2D eigenvalue weighted by atomic mass is 32.1. The van der Waals surface area contributed by atoms with Crippen LogP contribution >= 0.6 is 11.3 Å². The van der Waals surface area contributed by atoms with Gasteiger partial charge in [-0.05, 0) is 31.2 Å². The van der Waals surface area contributed by atoms with Crippen molar-refractivity contribution >= 4 is 39.6 Å². The minimum absolute atomic E-state index is 0.360. The molecule has 4 aromatic rings. The lowest BCUT2D eigenvalue weighted by molar-refractivity contribution is 0.589. The summed E-state index contributed by atoms with van der Waals surface area (Å²) in [7, 11) is 1.89. The van der Waals surface area contributed by atoms with Gasteiger partial charge in [-0.2, -0.15) is 10.4 Å². The Bertz CT molecular complexity index is 1350. The molecule has 4 heterocycles. The first-order valence-corrected chi connectivity index (χ1v) is 11.7. The van der Waals surface area contributed by atoms with Gasteiger partial charge in [-0.15, -0.1) is 11.3 Å². The second kappa shape index (κ2) is 8.77. The third kappa shape index (κ3) is 3.79. The number of piperazine rings is 1. The van der Waals surface area contributed by atoms with Crippen molar-refractivity contribution in [3.8, 4) is 17.3 Å². The van der Waals surface area contributed by atoms with Crippen LogP contribution in [0.3, 0.4) is 0 Å². The van der Waals surface area contributed by atoms with E-state index in [0.717, 1.165) is 43.1 Å². The van der Waals surface area contributed by atoms with Gasteiger partial charge in [0.1, 0.15) is 28.3 Å². The maximum Gasteiger partial charge on any atom is 0.183 e. The molecule has 1 aliphatic heterocycles. The Labute approximate surface area is 194 Å². The summed E-state index contributed by atoms with van der Waals surface area (Å²) in [5.41, 5.74) is 5.18. The smallest absolute Gasteiger partial charge is 0.183 e. The molecule has 0 bridgehead atoms. The van der Waals surface area contributed by atoms with Gasteiger partial charge in [0.05, 0.1) is 28.5 Å². The van der Waals surface area contributed by atoms with Crippen molar-refractivity contribution in [3.05, 3.63) is 46.7 Å². The summed E-state index contributed by atoms with van der Waals surface area (Å²) in [6, 6.07) is 8.85. The fourth-order valence-electron chi connectivity index (χ4n) is 4.28. The number of fused-ring (bicyclic) bond motifs is 1. The number of rotatable bonds is 5. The Morgan fingerprint density at radius 2 is 2.06 bits per heavy atom. The molecule has 0 atom stereocenters. The number of hydrogen-bond donors (Lipinski definition) is 1. The summed E-state index contributed by atoms with van der Waals surface area (Å²) >= 11 is 1.27. The normalized spacial score (nSPS) is 13.9.